The third-order valence-corrected chi connectivity index (χ3v) is 4.11. The van der Waals surface area contributed by atoms with E-state index in [0.29, 0.717) is 6.54 Å². The van der Waals surface area contributed by atoms with Crippen LogP contribution in [0.5, 0.6) is 0 Å². The standard InChI is InChI=1S/C17H17N7/c1-11(21-18)14-6-7-16-17(20-14)24(23-22-16)10-12-4-5-15-13(9-12)3-2-8-19-15/h2-9,11,18,22-23H,10H2,1H3. The lowest BCUT2D eigenvalue weighted by Crippen LogP contribution is -2.35. The number of nitrogens with one attached hydrogen (secondary N) is 3. The minimum Gasteiger partial charge on any atom is -0.300 e. The topological polar surface area (TPSA) is 89.3 Å². The molecular formula is C17H17N7. The first-order valence-electron chi connectivity index (χ1n) is 7.75. The molecule has 120 valence electrons. The smallest absolute Gasteiger partial charge is 0.169 e. The van der Waals surface area contributed by atoms with Crippen LogP contribution in [0.4, 0.5) is 11.5 Å². The molecule has 0 aliphatic carbocycles. The Bertz CT molecular complexity index is 908. The zero-order valence-corrected chi connectivity index (χ0v) is 13.2. The summed E-state index contributed by atoms with van der Waals surface area (Å²) in [7, 11) is 0. The van der Waals surface area contributed by atoms with Gasteiger partial charge in [0.15, 0.2) is 5.82 Å². The zero-order chi connectivity index (χ0) is 16.5. The van der Waals surface area contributed by atoms with Crippen molar-refractivity contribution in [2.45, 2.75) is 19.5 Å². The highest BCUT2D eigenvalue weighted by Gasteiger charge is 2.22. The summed E-state index contributed by atoms with van der Waals surface area (Å²) >= 11 is 0. The van der Waals surface area contributed by atoms with Crippen molar-refractivity contribution in [3.05, 3.63) is 59.9 Å². The van der Waals surface area contributed by atoms with Crippen molar-refractivity contribution < 1.29 is 0 Å². The summed E-state index contributed by atoms with van der Waals surface area (Å²) in [4.78, 5) is 8.99. The van der Waals surface area contributed by atoms with E-state index in [1.54, 1.807) is 6.20 Å². The molecule has 3 N–H and O–H groups in total. The fourth-order valence-corrected chi connectivity index (χ4v) is 2.77. The summed E-state index contributed by atoms with van der Waals surface area (Å²) < 4.78 is 0. The Morgan fingerprint density at radius 2 is 2.17 bits per heavy atom. The lowest BCUT2D eigenvalue weighted by atomic mass is 10.1. The number of anilines is 2. The molecule has 0 bridgehead atoms. The Morgan fingerprint density at radius 1 is 1.25 bits per heavy atom. The lowest BCUT2D eigenvalue weighted by molar-refractivity contribution is 0.691. The Morgan fingerprint density at radius 3 is 3.04 bits per heavy atom. The second-order valence-corrected chi connectivity index (χ2v) is 5.77. The Hall–Kier alpha value is -3.06. The van der Waals surface area contributed by atoms with Gasteiger partial charge in [-0.15, -0.1) is 5.53 Å². The molecule has 0 saturated carbocycles. The molecule has 0 saturated heterocycles. The average Bonchev–Trinajstić information content (AvgIpc) is 3.03. The molecule has 1 aliphatic heterocycles. The Balaban J connectivity index is 1.63. The predicted octanol–water partition coefficient (Wildman–Crippen LogP) is 3.57. The van der Waals surface area contributed by atoms with Gasteiger partial charge >= 0.3 is 0 Å². The second kappa shape index (κ2) is 5.86. The number of nitrogens with zero attached hydrogens (tertiary/aromatic N) is 4. The number of aromatic nitrogens is 2. The number of benzene rings is 1. The molecule has 1 atom stereocenters. The van der Waals surface area contributed by atoms with Crippen molar-refractivity contribution >= 4 is 22.4 Å². The van der Waals surface area contributed by atoms with E-state index in [0.717, 1.165) is 33.7 Å². The molecule has 1 unspecified atom stereocenters. The van der Waals surface area contributed by atoms with Crippen LogP contribution in [-0.2, 0) is 6.54 Å². The quantitative estimate of drug-likeness (QED) is 0.640. The van der Waals surface area contributed by atoms with E-state index in [1.807, 2.05) is 36.2 Å². The van der Waals surface area contributed by atoms with Crippen LogP contribution in [0.2, 0.25) is 0 Å². The van der Waals surface area contributed by atoms with Crippen LogP contribution >= 0.6 is 0 Å². The van der Waals surface area contributed by atoms with Gasteiger partial charge in [0.1, 0.15) is 6.04 Å². The number of hydrogen-bond donors (Lipinski definition) is 3. The van der Waals surface area contributed by atoms with Crippen LogP contribution in [0.3, 0.4) is 0 Å². The summed E-state index contributed by atoms with van der Waals surface area (Å²) in [5.74, 6) is 0.814. The van der Waals surface area contributed by atoms with Gasteiger partial charge < -0.3 is 5.43 Å². The zero-order valence-electron chi connectivity index (χ0n) is 13.2. The largest absolute Gasteiger partial charge is 0.300 e. The van der Waals surface area contributed by atoms with Crippen LogP contribution in [-0.4, -0.2) is 9.97 Å². The van der Waals surface area contributed by atoms with Gasteiger partial charge in [-0.05, 0) is 42.8 Å². The first-order chi connectivity index (χ1) is 11.7. The first-order valence-corrected chi connectivity index (χ1v) is 7.75. The first kappa shape index (κ1) is 14.5. The normalized spacial score (nSPS) is 14.3. The molecule has 0 radical (unpaired) electrons. The Labute approximate surface area is 139 Å². The lowest BCUT2D eigenvalue weighted by Gasteiger charge is -2.18. The van der Waals surface area contributed by atoms with Gasteiger partial charge in [-0.2, -0.15) is 5.11 Å². The highest BCUT2D eigenvalue weighted by molar-refractivity contribution is 5.79. The molecule has 0 fully saturated rings. The fraction of sp³-hybridized carbons (Fsp3) is 0.176. The van der Waals surface area contributed by atoms with Gasteiger partial charge in [-0.25, -0.2) is 10.5 Å². The molecule has 7 heteroatoms. The van der Waals surface area contributed by atoms with Crippen molar-refractivity contribution in [3.8, 4) is 0 Å². The molecule has 3 heterocycles. The van der Waals surface area contributed by atoms with E-state index in [1.165, 1.54) is 0 Å². The number of fused-ring (bicyclic) bond motifs is 2. The summed E-state index contributed by atoms with van der Waals surface area (Å²) in [5.41, 5.74) is 17.3. The van der Waals surface area contributed by atoms with E-state index in [9.17, 15) is 0 Å². The van der Waals surface area contributed by atoms with E-state index >= 15 is 0 Å². The Kier molecular flexibility index (Phi) is 3.55. The molecule has 1 aromatic carbocycles. The molecule has 7 nitrogen and oxygen atoms in total. The maximum Gasteiger partial charge on any atom is 0.169 e. The van der Waals surface area contributed by atoms with Crippen molar-refractivity contribution in [1.82, 2.24) is 15.5 Å². The highest BCUT2D eigenvalue weighted by atomic mass is 15.7. The molecule has 3 aromatic rings. The number of rotatable bonds is 4. The fourth-order valence-electron chi connectivity index (χ4n) is 2.77. The molecular weight excluding hydrogens is 302 g/mol. The van der Waals surface area contributed by atoms with Gasteiger partial charge in [-0.1, -0.05) is 12.1 Å². The van der Waals surface area contributed by atoms with Crippen LogP contribution in [0.15, 0.2) is 53.8 Å². The third-order valence-electron chi connectivity index (χ3n) is 4.11. The van der Waals surface area contributed by atoms with Crippen LogP contribution in [0.25, 0.3) is 10.9 Å². The van der Waals surface area contributed by atoms with Gasteiger partial charge in [0.05, 0.1) is 23.4 Å². The van der Waals surface area contributed by atoms with Crippen molar-refractivity contribution in [2.75, 3.05) is 10.4 Å². The van der Waals surface area contributed by atoms with Crippen LogP contribution in [0, 0.1) is 5.53 Å². The number of hydrazine groups is 2. The minimum atomic E-state index is -0.246. The van der Waals surface area contributed by atoms with E-state index in [-0.39, 0.29) is 6.04 Å². The van der Waals surface area contributed by atoms with Crippen molar-refractivity contribution in [1.29, 1.82) is 5.53 Å². The highest BCUT2D eigenvalue weighted by Crippen LogP contribution is 2.30. The minimum absolute atomic E-state index is 0.246. The third kappa shape index (κ3) is 2.55. The molecule has 24 heavy (non-hydrogen) atoms. The molecule has 2 aromatic heterocycles. The molecule has 0 spiro atoms. The van der Waals surface area contributed by atoms with Crippen molar-refractivity contribution in [3.63, 3.8) is 0 Å². The summed E-state index contributed by atoms with van der Waals surface area (Å²) in [6.45, 7) is 2.52. The number of pyridine rings is 2. The van der Waals surface area contributed by atoms with E-state index in [2.05, 4.69) is 44.2 Å². The van der Waals surface area contributed by atoms with E-state index < -0.39 is 0 Å². The van der Waals surface area contributed by atoms with E-state index in [4.69, 9.17) is 5.53 Å². The summed E-state index contributed by atoms with van der Waals surface area (Å²) in [6, 6.07) is 13.8. The maximum absolute atomic E-state index is 7.18. The van der Waals surface area contributed by atoms with Gasteiger partial charge in [0.2, 0.25) is 0 Å². The van der Waals surface area contributed by atoms with Crippen LogP contribution < -0.4 is 16.0 Å². The van der Waals surface area contributed by atoms with Crippen molar-refractivity contribution in [2.24, 2.45) is 5.11 Å². The van der Waals surface area contributed by atoms with Gasteiger partial charge in [0.25, 0.3) is 0 Å². The van der Waals surface area contributed by atoms with Gasteiger partial charge in [-0.3, -0.25) is 9.99 Å². The molecule has 0 amide bonds. The predicted molar refractivity (Wildman–Crippen MR) is 92.5 cm³/mol. The molecule has 1 aliphatic rings. The summed E-state index contributed by atoms with van der Waals surface area (Å²) in [6.07, 6.45) is 1.80. The average molecular weight is 319 g/mol. The second-order valence-electron chi connectivity index (χ2n) is 5.77. The number of hydrogen-bond acceptors (Lipinski definition) is 7. The molecule has 4 rings (SSSR count). The monoisotopic (exact) mass is 319 g/mol. The maximum atomic E-state index is 7.18. The van der Waals surface area contributed by atoms with Crippen LogP contribution in [0.1, 0.15) is 24.2 Å². The SMILES string of the molecule is CC(N=N)c1ccc2c(n1)N(Cc1ccc3ncccc3c1)NN2. The van der Waals surface area contributed by atoms with Gasteiger partial charge in [0, 0.05) is 11.6 Å². The summed E-state index contributed by atoms with van der Waals surface area (Å²) in [5, 5.41) is 6.62.